The van der Waals surface area contributed by atoms with Crippen molar-refractivity contribution >= 4 is 39.5 Å². The number of rotatable bonds is 3. The summed E-state index contributed by atoms with van der Waals surface area (Å²) < 4.78 is 1.52. The Hall–Kier alpha value is -1.34. The lowest BCUT2D eigenvalue weighted by Crippen LogP contribution is -2.36. The lowest BCUT2D eigenvalue weighted by Gasteiger charge is -2.36. The standard InChI is InChI=1S/C18H20Cl2N4OS/c1-10-5-7-23(8-6-10)15(12-3-4-13(19)14(20)9-12)16-17(25)24-18(26-16)21-11(2)22-24/h3-4,9-10,15,25H,5-8H2,1-2H3/t15-/m0/s1. The third-order valence-electron chi connectivity index (χ3n) is 5.00. The van der Waals surface area contributed by atoms with Crippen LogP contribution in [0.2, 0.25) is 10.0 Å². The summed E-state index contributed by atoms with van der Waals surface area (Å²) in [6.45, 7) is 6.05. The summed E-state index contributed by atoms with van der Waals surface area (Å²) in [6.07, 6.45) is 2.27. The number of fused-ring (bicyclic) bond motifs is 1. The Morgan fingerprint density at radius 3 is 2.62 bits per heavy atom. The van der Waals surface area contributed by atoms with Crippen LogP contribution in [0, 0.1) is 12.8 Å². The maximum absolute atomic E-state index is 10.8. The molecule has 0 unspecified atom stereocenters. The predicted molar refractivity (Wildman–Crippen MR) is 106 cm³/mol. The van der Waals surface area contributed by atoms with E-state index < -0.39 is 0 Å². The van der Waals surface area contributed by atoms with Gasteiger partial charge in [0.1, 0.15) is 5.82 Å². The number of benzene rings is 1. The Morgan fingerprint density at radius 2 is 1.96 bits per heavy atom. The third kappa shape index (κ3) is 3.20. The highest BCUT2D eigenvalue weighted by Crippen LogP contribution is 2.42. The highest BCUT2D eigenvalue weighted by atomic mass is 35.5. The van der Waals surface area contributed by atoms with Crippen LogP contribution in [-0.4, -0.2) is 37.7 Å². The second-order valence-corrected chi connectivity index (χ2v) is 8.76. The maximum Gasteiger partial charge on any atom is 0.230 e. The number of aromatic nitrogens is 3. The van der Waals surface area contributed by atoms with Gasteiger partial charge >= 0.3 is 0 Å². The van der Waals surface area contributed by atoms with E-state index in [1.165, 1.54) is 15.9 Å². The highest BCUT2D eigenvalue weighted by molar-refractivity contribution is 7.17. The van der Waals surface area contributed by atoms with E-state index in [1.54, 1.807) is 0 Å². The number of hydrogen-bond acceptors (Lipinski definition) is 5. The van der Waals surface area contributed by atoms with Crippen LogP contribution < -0.4 is 0 Å². The van der Waals surface area contributed by atoms with Crippen LogP contribution in [0.15, 0.2) is 18.2 Å². The molecular formula is C18H20Cl2N4OS. The molecule has 0 bridgehead atoms. The van der Waals surface area contributed by atoms with Crippen LogP contribution in [0.25, 0.3) is 4.96 Å². The number of hydrogen-bond donors (Lipinski definition) is 1. The molecule has 138 valence electrons. The van der Waals surface area contributed by atoms with Gasteiger partial charge in [-0.15, -0.1) is 5.10 Å². The first-order valence-corrected chi connectivity index (χ1v) is 10.3. The van der Waals surface area contributed by atoms with Gasteiger partial charge in [-0.3, -0.25) is 4.90 Å². The minimum atomic E-state index is -0.0916. The van der Waals surface area contributed by atoms with E-state index in [0.29, 0.717) is 20.8 Å². The summed E-state index contributed by atoms with van der Waals surface area (Å²) in [5, 5.41) is 16.2. The van der Waals surface area contributed by atoms with Gasteiger partial charge in [0.05, 0.1) is 21.0 Å². The van der Waals surface area contributed by atoms with E-state index in [0.717, 1.165) is 42.3 Å². The number of nitrogens with zero attached hydrogens (tertiary/aromatic N) is 4. The van der Waals surface area contributed by atoms with Crippen molar-refractivity contribution in [3.8, 4) is 5.88 Å². The third-order valence-corrected chi connectivity index (χ3v) is 6.81. The summed E-state index contributed by atoms with van der Waals surface area (Å²) in [5.74, 6) is 1.52. The first kappa shape index (κ1) is 18.0. The normalized spacial score (nSPS) is 17.8. The molecule has 1 N–H and O–H groups in total. The quantitative estimate of drug-likeness (QED) is 0.664. The molecule has 4 rings (SSSR count). The van der Waals surface area contributed by atoms with Crippen molar-refractivity contribution in [2.75, 3.05) is 13.1 Å². The van der Waals surface area contributed by atoms with Crippen molar-refractivity contribution < 1.29 is 5.11 Å². The van der Waals surface area contributed by atoms with Crippen molar-refractivity contribution in [1.82, 2.24) is 19.5 Å². The summed E-state index contributed by atoms with van der Waals surface area (Å²) >= 11 is 13.9. The summed E-state index contributed by atoms with van der Waals surface area (Å²) in [7, 11) is 0. The van der Waals surface area contributed by atoms with Gasteiger partial charge in [0.15, 0.2) is 0 Å². The van der Waals surface area contributed by atoms with Crippen molar-refractivity contribution in [2.24, 2.45) is 5.92 Å². The number of aromatic hydroxyl groups is 1. The van der Waals surface area contributed by atoms with Gasteiger partial charge in [-0.1, -0.05) is 47.5 Å². The lowest BCUT2D eigenvalue weighted by molar-refractivity contribution is 0.157. The molecule has 5 nitrogen and oxygen atoms in total. The van der Waals surface area contributed by atoms with Crippen molar-refractivity contribution in [3.05, 3.63) is 44.5 Å². The van der Waals surface area contributed by atoms with Crippen LogP contribution in [0.3, 0.4) is 0 Å². The second kappa shape index (κ2) is 7.00. The van der Waals surface area contributed by atoms with Gasteiger partial charge in [0, 0.05) is 0 Å². The van der Waals surface area contributed by atoms with Crippen molar-refractivity contribution in [3.63, 3.8) is 0 Å². The molecule has 1 fully saturated rings. The summed E-state index contributed by atoms with van der Waals surface area (Å²) in [4.78, 5) is 8.34. The Kier molecular flexibility index (Phi) is 4.86. The first-order chi connectivity index (χ1) is 12.4. The Labute approximate surface area is 166 Å². The van der Waals surface area contributed by atoms with Crippen LogP contribution in [0.5, 0.6) is 5.88 Å². The number of thiazole rings is 1. The van der Waals surface area contributed by atoms with E-state index >= 15 is 0 Å². The average molecular weight is 411 g/mol. The molecule has 8 heteroatoms. The molecule has 3 aromatic rings. The van der Waals surface area contributed by atoms with Crippen LogP contribution in [0.4, 0.5) is 0 Å². The fraction of sp³-hybridized carbons (Fsp3) is 0.444. The molecule has 1 aromatic carbocycles. The van der Waals surface area contributed by atoms with E-state index in [-0.39, 0.29) is 11.9 Å². The molecule has 0 spiro atoms. The van der Waals surface area contributed by atoms with Gasteiger partial charge in [0.2, 0.25) is 10.8 Å². The topological polar surface area (TPSA) is 53.7 Å². The zero-order chi connectivity index (χ0) is 18.4. The Morgan fingerprint density at radius 1 is 1.23 bits per heavy atom. The van der Waals surface area contributed by atoms with Gasteiger partial charge in [0.25, 0.3) is 0 Å². The van der Waals surface area contributed by atoms with Crippen molar-refractivity contribution in [1.29, 1.82) is 0 Å². The molecule has 2 aromatic heterocycles. The number of likely N-dealkylation sites (tertiary alicyclic amines) is 1. The average Bonchev–Trinajstić information content (AvgIpc) is 3.11. The molecule has 1 aliphatic heterocycles. The van der Waals surface area contributed by atoms with Gasteiger partial charge < -0.3 is 5.11 Å². The minimum absolute atomic E-state index is 0.0916. The Bertz CT molecular complexity index is 946. The number of halogens is 2. The van der Waals surface area contributed by atoms with Crippen LogP contribution >= 0.6 is 34.5 Å². The van der Waals surface area contributed by atoms with Gasteiger partial charge in [-0.25, -0.2) is 4.98 Å². The van der Waals surface area contributed by atoms with Crippen molar-refractivity contribution in [2.45, 2.75) is 32.7 Å². The maximum atomic E-state index is 10.8. The van der Waals surface area contributed by atoms with Gasteiger partial charge in [-0.2, -0.15) is 4.52 Å². The SMILES string of the molecule is Cc1nc2sc([C@H](c3ccc(Cl)c(Cl)c3)N3CCC(C)CC3)c(O)n2n1. The largest absolute Gasteiger partial charge is 0.492 e. The molecule has 26 heavy (non-hydrogen) atoms. The summed E-state index contributed by atoms with van der Waals surface area (Å²) in [6, 6.07) is 5.60. The fourth-order valence-corrected chi connectivity index (χ4v) is 4.99. The number of aryl methyl sites for hydroxylation is 1. The van der Waals surface area contributed by atoms with E-state index in [1.807, 2.05) is 25.1 Å². The van der Waals surface area contributed by atoms with Crippen LogP contribution in [0.1, 0.15) is 42.1 Å². The predicted octanol–water partition coefficient (Wildman–Crippen LogP) is 4.93. The van der Waals surface area contributed by atoms with Gasteiger partial charge in [-0.05, 0) is 56.5 Å². The smallest absolute Gasteiger partial charge is 0.230 e. The zero-order valence-electron chi connectivity index (χ0n) is 14.6. The monoisotopic (exact) mass is 410 g/mol. The lowest BCUT2D eigenvalue weighted by atomic mass is 9.95. The van der Waals surface area contributed by atoms with E-state index in [9.17, 15) is 5.11 Å². The fourth-order valence-electron chi connectivity index (χ4n) is 3.52. The summed E-state index contributed by atoms with van der Waals surface area (Å²) in [5.41, 5.74) is 1.02. The number of piperidine rings is 1. The molecule has 0 saturated carbocycles. The molecule has 1 atom stereocenters. The molecule has 0 amide bonds. The molecule has 1 saturated heterocycles. The molecule has 0 aliphatic carbocycles. The molecular weight excluding hydrogens is 391 g/mol. The second-order valence-electron chi connectivity index (χ2n) is 6.94. The minimum Gasteiger partial charge on any atom is -0.492 e. The molecule has 1 aliphatic rings. The van der Waals surface area contributed by atoms with E-state index in [2.05, 4.69) is 21.9 Å². The molecule has 3 heterocycles. The first-order valence-electron chi connectivity index (χ1n) is 8.68. The highest BCUT2D eigenvalue weighted by Gasteiger charge is 2.31. The Balaban J connectivity index is 1.82. The van der Waals surface area contributed by atoms with E-state index in [4.69, 9.17) is 23.2 Å². The molecule has 0 radical (unpaired) electrons. The zero-order valence-corrected chi connectivity index (χ0v) is 16.9. The van der Waals surface area contributed by atoms with Crippen LogP contribution in [-0.2, 0) is 0 Å².